The molecule has 0 aromatic heterocycles. The molecule has 6 heteroatoms. The highest BCUT2D eigenvalue weighted by Gasteiger charge is 2.17. The SMILES string of the molecule is COc1ccc(Br)c(CNCCC(C)NC(=O)OC(C)(C)C)c1. The molecule has 0 saturated heterocycles. The second kappa shape index (κ2) is 9.13. The number of alkyl carbamates (subject to hydrolysis) is 1. The van der Waals surface area contributed by atoms with Crippen LogP contribution in [0.1, 0.15) is 39.7 Å². The van der Waals surface area contributed by atoms with Crippen LogP contribution in [-0.4, -0.2) is 31.4 Å². The molecule has 1 atom stereocenters. The van der Waals surface area contributed by atoms with Gasteiger partial charge in [0, 0.05) is 17.1 Å². The number of ether oxygens (including phenoxy) is 2. The van der Waals surface area contributed by atoms with Crippen LogP contribution in [0.25, 0.3) is 0 Å². The van der Waals surface area contributed by atoms with Crippen molar-refractivity contribution in [1.82, 2.24) is 10.6 Å². The molecule has 23 heavy (non-hydrogen) atoms. The summed E-state index contributed by atoms with van der Waals surface area (Å²) in [5.74, 6) is 0.838. The number of rotatable bonds is 7. The van der Waals surface area contributed by atoms with E-state index in [1.165, 1.54) is 0 Å². The van der Waals surface area contributed by atoms with E-state index in [0.29, 0.717) is 0 Å². The minimum Gasteiger partial charge on any atom is -0.497 e. The fraction of sp³-hybridized carbons (Fsp3) is 0.588. The Bertz CT molecular complexity index is 515. The van der Waals surface area contributed by atoms with Crippen molar-refractivity contribution in [2.45, 2.75) is 52.3 Å². The Kier molecular flexibility index (Phi) is 7.85. The molecule has 130 valence electrons. The minimum atomic E-state index is -0.472. The topological polar surface area (TPSA) is 59.6 Å². The van der Waals surface area contributed by atoms with Crippen LogP contribution in [0, 0.1) is 0 Å². The van der Waals surface area contributed by atoms with Crippen molar-refractivity contribution in [3.63, 3.8) is 0 Å². The van der Waals surface area contributed by atoms with E-state index in [2.05, 4.69) is 26.6 Å². The number of carbonyl (C=O) groups excluding carboxylic acids is 1. The molecule has 1 aromatic carbocycles. The predicted molar refractivity (Wildman–Crippen MR) is 95.8 cm³/mol. The predicted octanol–water partition coefficient (Wildman–Crippen LogP) is 3.85. The molecule has 0 bridgehead atoms. The lowest BCUT2D eigenvalue weighted by atomic mass is 10.2. The third-order valence-corrected chi connectivity index (χ3v) is 3.86. The van der Waals surface area contributed by atoms with E-state index in [1.807, 2.05) is 45.9 Å². The van der Waals surface area contributed by atoms with Gasteiger partial charge in [0.25, 0.3) is 0 Å². The van der Waals surface area contributed by atoms with Gasteiger partial charge in [-0.15, -0.1) is 0 Å². The standard InChI is InChI=1S/C17H27BrN2O3/c1-12(20-16(21)23-17(2,3)4)8-9-19-11-13-10-14(22-5)6-7-15(13)18/h6-7,10,12,19H,8-9,11H2,1-5H3,(H,20,21). The molecule has 0 heterocycles. The summed E-state index contributed by atoms with van der Waals surface area (Å²) in [6, 6.07) is 5.94. The summed E-state index contributed by atoms with van der Waals surface area (Å²) in [6.07, 6.45) is 0.446. The van der Waals surface area contributed by atoms with Crippen LogP contribution in [0.3, 0.4) is 0 Å². The third-order valence-electron chi connectivity index (χ3n) is 3.09. The Hall–Kier alpha value is -1.27. The van der Waals surface area contributed by atoms with E-state index < -0.39 is 5.60 Å². The summed E-state index contributed by atoms with van der Waals surface area (Å²) in [5.41, 5.74) is 0.665. The van der Waals surface area contributed by atoms with Gasteiger partial charge in [-0.1, -0.05) is 15.9 Å². The number of methoxy groups -OCH3 is 1. The Morgan fingerprint density at radius 3 is 2.65 bits per heavy atom. The number of amides is 1. The number of hydrogen-bond acceptors (Lipinski definition) is 4. The first-order valence-corrected chi connectivity index (χ1v) is 8.53. The van der Waals surface area contributed by atoms with Crippen LogP contribution in [0.4, 0.5) is 4.79 Å². The number of benzene rings is 1. The lowest BCUT2D eigenvalue weighted by molar-refractivity contribution is 0.0506. The average molecular weight is 387 g/mol. The zero-order valence-corrected chi connectivity index (χ0v) is 16.1. The fourth-order valence-electron chi connectivity index (χ4n) is 1.94. The van der Waals surface area contributed by atoms with Gasteiger partial charge in [0.2, 0.25) is 0 Å². The highest BCUT2D eigenvalue weighted by Crippen LogP contribution is 2.22. The summed E-state index contributed by atoms with van der Waals surface area (Å²) < 4.78 is 11.5. The summed E-state index contributed by atoms with van der Waals surface area (Å²) in [5, 5.41) is 6.20. The molecular formula is C17H27BrN2O3. The summed E-state index contributed by atoms with van der Waals surface area (Å²) >= 11 is 3.53. The van der Waals surface area contributed by atoms with Crippen LogP contribution in [-0.2, 0) is 11.3 Å². The van der Waals surface area contributed by atoms with Gasteiger partial charge in [0.1, 0.15) is 11.4 Å². The molecule has 0 aliphatic rings. The number of nitrogens with one attached hydrogen (secondary N) is 2. The largest absolute Gasteiger partial charge is 0.497 e. The maximum atomic E-state index is 11.7. The second-order valence-electron chi connectivity index (χ2n) is 6.47. The van der Waals surface area contributed by atoms with E-state index in [9.17, 15) is 4.79 Å². The molecule has 5 nitrogen and oxygen atoms in total. The molecule has 0 radical (unpaired) electrons. The lowest BCUT2D eigenvalue weighted by Gasteiger charge is -2.22. The van der Waals surface area contributed by atoms with Crippen molar-refractivity contribution >= 4 is 22.0 Å². The molecular weight excluding hydrogens is 360 g/mol. The molecule has 1 amide bonds. The number of halogens is 1. The minimum absolute atomic E-state index is 0.0473. The van der Waals surface area contributed by atoms with Crippen LogP contribution >= 0.6 is 15.9 Å². The van der Waals surface area contributed by atoms with Gasteiger partial charge in [-0.05, 0) is 64.4 Å². The van der Waals surface area contributed by atoms with E-state index in [1.54, 1.807) is 7.11 Å². The number of hydrogen-bond donors (Lipinski definition) is 2. The van der Waals surface area contributed by atoms with Crippen LogP contribution in [0.5, 0.6) is 5.75 Å². The van der Waals surface area contributed by atoms with Crippen molar-refractivity contribution in [3.8, 4) is 5.75 Å². The quantitative estimate of drug-likeness (QED) is 0.698. The Balaban J connectivity index is 2.30. The molecule has 2 N–H and O–H groups in total. The maximum Gasteiger partial charge on any atom is 0.407 e. The molecule has 1 aromatic rings. The smallest absolute Gasteiger partial charge is 0.407 e. The first-order chi connectivity index (χ1) is 10.7. The zero-order chi connectivity index (χ0) is 17.5. The highest BCUT2D eigenvalue weighted by molar-refractivity contribution is 9.10. The Morgan fingerprint density at radius 1 is 1.35 bits per heavy atom. The number of carbonyl (C=O) groups is 1. The van der Waals surface area contributed by atoms with Crippen LogP contribution < -0.4 is 15.4 Å². The van der Waals surface area contributed by atoms with Crippen molar-refractivity contribution < 1.29 is 14.3 Å². The van der Waals surface area contributed by atoms with Crippen LogP contribution in [0.15, 0.2) is 22.7 Å². The van der Waals surface area contributed by atoms with Crippen molar-refractivity contribution in [2.24, 2.45) is 0 Å². The van der Waals surface area contributed by atoms with Gasteiger partial charge in [0.15, 0.2) is 0 Å². The second-order valence-corrected chi connectivity index (χ2v) is 7.32. The molecule has 1 rings (SSSR count). The summed E-state index contributed by atoms with van der Waals surface area (Å²) in [6.45, 7) is 9.05. The van der Waals surface area contributed by atoms with E-state index in [-0.39, 0.29) is 12.1 Å². The third kappa shape index (κ3) is 8.23. The van der Waals surface area contributed by atoms with Gasteiger partial charge in [0.05, 0.1) is 7.11 Å². The molecule has 0 aliphatic heterocycles. The molecule has 0 saturated carbocycles. The van der Waals surface area contributed by atoms with Gasteiger partial charge < -0.3 is 20.1 Å². The first kappa shape index (κ1) is 19.8. The molecule has 0 aliphatic carbocycles. The van der Waals surface area contributed by atoms with Gasteiger partial charge >= 0.3 is 6.09 Å². The Labute approximate surface area is 147 Å². The van der Waals surface area contributed by atoms with Crippen molar-refractivity contribution in [2.75, 3.05) is 13.7 Å². The average Bonchev–Trinajstić information content (AvgIpc) is 2.43. The van der Waals surface area contributed by atoms with Crippen molar-refractivity contribution in [1.29, 1.82) is 0 Å². The molecule has 0 spiro atoms. The van der Waals surface area contributed by atoms with Gasteiger partial charge in [-0.2, -0.15) is 0 Å². The summed E-state index contributed by atoms with van der Waals surface area (Å²) in [7, 11) is 1.66. The monoisotopic (exact) mass is 386 g/mol. The lowest BCUT2D eigenvalue weighted by Crippen LogP contribution is -2.38. The maximum absolute atomic E-state index is 11.7. The fourth-order valence-corrected chi connectivity index (χ4v) is 2.32. The van der Waals surface area contributed by atoms with Crippen LogP contribution in [0.2, 0.25) is 0 Å². The van der Waals surface area contributed by atoms with E-state index in [4.69, 9.17) is 9.47 Å². The molecule has 1 unspecified atom stereocenters. The van der Waals surface area contributed by atoms with Crippen molar-refractivity contribution in [3.05, 3.63) is 28.2 Å². The van der Waals surface area contributed by atoms with E-state index >= 15 is 0 Å². The van der Waals surface area contributed by atoms with E-state index in [0.717, 1.165) is 35.3 Å². The normalized spacial score (nSPS) is 12.6. The highest BCUT2D eigenvalue weighted by atomic mass is 79.9. The van der Waals surface area contributed by atoms with Gasteiger partial charge in [-0.25, -0.2) is 4.79 Å². The first-order valence-electron chi connectivity index (χ1n) is 7.74. The molecule has 0 fully saturated rings. The van der Waals surface area contributed by atoms with Gasteiger partial charge in [-0.3, -0.25) is 0 Å². The summed E-state index contributed by atoms with van der Waals surface area (Å²) in [4.78, 5) is 11.7. The Morgan fingerprint density at radius 2 is 2.04 bits per heavy atom. The zero-order valence-electron chi connectivity index (χ0n) is 14.5.